The summed E-state index contributed by atoms with van der Waals surface area (Å²) < 4.78 is 22.9. The highest BCUT2D eigenvalue weighted by atomic mass is 19.1. The molecule has 0 radical (unpaired) electrons. The Hall–Kier alpha value is -5.52. The third-order valence-electron chi connectivity index (χ3n) is 11.2. The molecule has 5 heterocycles. The first-order valence-electron chi connectivity index (χ1n) is 18.7. The number of nitrogens with zero attached hydrogens (tertiary/aromatic N) is 6. The van der Waals surface area contributed by atoms with Crippen molar-refractivity contribution in [3.8, 4) is 17.0 Å². The van der Waals surface area contributed by atoms with Crippen LogP contribution in [0.1, 0.15) is 50.0 Å². The van der Waals surface area contributed by atoms with Gasteiger partial charge in [0.25, 0.3) is 11.8 Å². The summed E-state index contributed by atoms with van der Waals surface area (Å²) in [6.45, 7) is 9.29. The molecule has 0 saturated carbocycles. The third kappa shape index (κ3) is 6.62. The Labute approximate surface area is 315 Å². The van der Waals surface area contributed by atoms with E-state index in [9.17, 15) is 14.7 Å². The van der Waals surface area contributed by atoms with Crippen LogP contribution in [0.25, 0.3) is 11.3 Å². The van der Waals surface area contributed by atoms with Gasteiger partial charge in [0.2, 0.25) is 0 Å². The largest absolute Gasteiger partial charge is 0.508 e. The fourth-order valence-electron chi connectivity index (χ4n) is 8.27. The molecule has 278 valence electrons. The van der Waals surface area contributed by atoms with Crippen molar-refractivity contribution in [1.29, 1.82) is 0 Å². The van der Waals surface area contributed by atoms with Crippen molar-refractivity contribution in [1.82, 2.24) is 19.4 Å². The molecule has 3 aliphatic rings. The second-order valence-electron chi connectivity index (χ2n) is 14.4. The normalized spacial score (nSPS) is 17.0. The van der Waals surface area contributed by atoms with Gasteiger partial charge < -0.3 is 24.2 Å². The number of phenolic OH excluding ortho intramolecular Hbond substituents is 1. The number of anilines is 3. The number of ether oxygens (including phenoxy) is 1. The van der Waals surface area contributed by atoms with E-state index in [0.717, 1.165) is 49.4 Å². The van der Waals surface area contributed by atoms with E-state index >= 15 is 4.39 Å². The number of benzene rings is 3. The van der Waals surface area contributed by atoms with Crippen LogP contribution in [0.4, 0.5) is 21.6 Å². The predicted octanol–water partition coefficient (Wildman–Crippen LogP) is 6.59. The van der Waals surface area contributed by atoms with Gasteiger partial charge in [-0.25, -0.2) is 9.37 Å². The number of aromatic hydroxyl groups is 1. The first kappa shape index (κ1) is 35.5. The number of hydrogen-bond acceptors (Lipinski definition) is 7. The summed E-state index contributed by atoms with van der Waals surface area (Å²) in [4.78, 5) is 42.4. The number of carbonyl (C=O) groups excluding carboxylic acids is 2. The Morgan fingerprint density at radius 2 is 1.69 bits per heavy atom. The molecule has 1 N–H and O–H groups in total. The van der Waals surface area contributed by atoms with E-state index < -0.39 is 5.82 Å². The molecule has 1 fully saturated rings. The molecule has 0 aliphatic carbocycles. The Balaban J connectivity index is 1.19. The first-order valence-corrected chi connectivity index (χ1v) is 18.7. The van der Waals surface area contributed by atoms with Crippen LogP contribution in [0.5, 0.6) is 5.75 Å². The number of fused-ring (bicyclic) bond motifs is 2. The van der Waals surface area contributed by atoms with E-state index in [1.807, 2.05) is 48.6 Å². The van der Waals surface area contributed by atoms with Crippen LogP contribution in [-0.4, -0.2) is 88.8 Å². The zero-order valence-corrected chi connectivity index (χ0v) is 31.0. The van der Waals surface area contributed by atoms with Gasteiger partial charge in [-0.3, -0.25) is 19.4 Å². The fraction of sp³-hybridized carbons (Fsp3) is 0.326. The molecule has 3 aliphatic heterocycles. The van der Waals surface area contributed by atoms with Crippen molar-refractivity contribution >= 4 is 29.0 Å². The molecule has 8 rings (SSSR count). The van der Waals surface area contributed by atoms with E-state index in [-0.39, 0.29) is 23.6 Å². The van der Waals surface area contributed by atoms with Gasteiger partial charge in [-0.15, -0.1) is 0 Å². The van der Waals surface area contributed by atoms with Crippen molar-refractivity contribution in [3.05, 3.63) is 124 Å². The molecule has 2 aromatic heterocycles. The second kappa shape index (κ2) is 14.7. The van der Waals surface area contributed by atoms with Crippen molar-refractivity contribution in [2.75, 3.05) is 56.2 Å². The Kier molecular flexibility index (Phi) is 9.68. The summed E-state index contributed by atoms with van der Waals surface area (Å²) in [5.41, 5.74) is 7.07. The van der Waals surface area contributed by atoms with Crippen molar-refractivity contribution in [2.45, 2.75) is 45.8 Å². The van der Waals surface area contributed by atoms with Crippen LogP contribution in [0.15, 0.2) is 85.1 Å². The van der Waals surface area contributed by atoms with E-state index in [4.69, 9.17) is 9.72 Å². The molecular weight excluding hydrogens is 684 g/mol. The lowest BCUT2D eigenvalue weighted by molar-refractivity contribution is 0.0193. The number of amides is 2. The highest BCUT2D eigenvalue weighted by molar-refractivity contribution is 6.12. The van der Waals surface area contributed by atoms with Gasteiger partial charge >= 0.3 is 0 Å². The summed E-state index contributed by atoms with van der Waals surface area (Å²) in [6.07, 6.45) is 3.23. The summed E-state index contributed by atoms with van der Waals surface area (Å²) in [6, 6.07) is 22.8. The van der Waals surface area contributed by atoms with E-state index in [2.05, 4.69) is 21.9 Å². The lowest BCUT2D eigenvalue weighted by Gasteiger charge is -2.40. The number of carbonyl (C=O) groups is 2. The summed E-state index contributed by atoms with van der Waals surface area (Å²) in [7, 11) is 2.00. The minimum atomic E-state index is -0.468. The van der Waals surface area contributed by atoms with Gasteiger partial charge in [0.05, 0.1) is 30.7 Å². The molecular formula is C43H45FN6O4. The molecule has 0 bridgehead atoms. The van der Waals surface area contributed by atoms with Gasteiger partial charge in [-0.1, -0.05) is 24.3 Å². The van der Waals surface area contributed by atoms with Crippen LogP contribution in [0.2, 0.25) is 0 Å². The highest BCUT2D eigenvalue weighted by Gasteiger charge is 2.34. The summed E-state index contributed by atoms with van der Waals surface area (Å²) in [5, 5.41) is 10.1. The quantitative estimate of drug-likeness (QED) is 0.193. The standard InChI is InChI=1S/C43H45FN6O4/c1-4-48-28(2)38(43(53)50(33-10-12-36(51)13-11-33)34-22-30-15-16-46(3)41(30)45-25-34)24-40(48)39-23-32(44)9-14-37(39)42(52)49-26-31-8-6-5-7-29(31)21-35(49)27-47-17-19-54-20-18-47/h5-14,22-25,35,51H,4,15-21,26-27H2,1-3H3/t35-/m0/s1. The maximum absolute atomic E-state index is 15.3. The molecule has 11 heteroatoms. The van der Waals surface area contributed by atoms with Crippen LogP contribution in [0, 0.1) is 12.7 Å². The Morgan fingerprint density at radius 3 is 2.44 bits per heavy atom. The second-order valence-corrected chi connectivity index (χ2v) is 14.4. The number of morpholine rings is 1. The number of aromatic nitrogens is 2. The number of hydrogen-bond donors (Lipinski definition) is 1. The van der Waals surface area contributed by atoms with Crippen molar-refractivity contribution in [2.24, 2.45) is 0 Å². The maximum atomic E-state index is 15.3. The van der Waals surface area contributed by atoms with Gasteiger partial charge in [-0.05, 0) is 98.0 Å². The van der Waals surface area contributed by atoms with Gasteiger partial charge in [0.1, 0.15) is 17.4 Å². The van der Waals surface area contributed by atoms with E-state index in [0.29, 0.717) is 72.3 Å². The number of pyridine rings is 1. The van der Waals surface area contributed by atoms with E-state index in [1.165, 1.54) is 17.7 Å². The van der Waals surface area contributed by atoms with Crippen molar-refractivity contribution in [3.63, 3.8) is 0 Å². The molecule has 0 spiro atoms. The van der Waals surface area contributed by atoms with Crippen LogP contribution in [0.3, 0.4) is 0 Å². The monoisotopic (exact) mass is 728 g/mol. The molecule has 0 unspecified atom stereocenters. The summed E-state index contributed by atoms with van der Waals surface area (Å²) in [5.74, 6) is 0.0299. The molecule has 54 heavy (non-hydrogen) atoms. The highest BCUT2D eigenvalue weighted by Crippen LogP contribution is 2.37. The molecule has 5 aromatic rings. The minimum absolute atomic E-state index is 0.0835. The average Bonchev–Trinajstić information content (AvgIpc) is 3.73. The predicted molar refractivity (Wildman–Crippen MR) is 207 cm³/mol. The Bertz CT molecular complexity index is 2210. The van der Waals surface area contributed by atoms with Gasteiger partial charge in [-0.2, -0.15) is 0 Å². The molecule has 2 amide bonds. The van der Waals surface area contributed by atoms with Gasteiger partial charge in [0.15, 0.2) is 0 Å². The lowest BCUT2D eigenvalue weighted by atomic mass is 9.92. The van der Waals surface area contributed by atoms with E-state index in [1.54, 1.807) is 47.5 Å². The number of likely N-dealkylation sites (N-methyl/N-ethyl adjacent to an activating group) is 1. The zero-order valence-electron chi connectivity index (χ0n) is 31.0. The zero-order chi connectivity index (χ0) is 37.5. The van der Waals surface area contributed by atoms with Crippen LogP contribution < -0.4 is 9.80 Å². The maximum Gasteiger partial charge on any atom is 0.264 e. The molecule has 3 aromatic carbocycles. The number of phenols is 1. The number of halogens is 1. The minimum Gasteiger partial charge on any atom is -0.508 e. The summed E-state index contributed by atoms with van der Waals surface area (Å²) >= 11 is 0. The molecule has 1 saturated heterocycles. The Morgan fingerprint density at radius 1 is 0.926 bits per heavy atom. The molecule has 1 atom stereocenters. The number of rotatable bonds is 8. The van der Waals surface area contributed by atoms with Crippen molar-refractivity contribution < 1.29 is 23.8 Å². The fourth-order valence-corrected chi connectivity index (χ4v) is 8.27. The molecule has 10 nitrogen and oxygen atoms in total. The average molecular weight is 729 g/mol. The van der Waals surface area contributed by atoms with Crippen LogP contribution in [-0.2, 0) is 30.7 Å². The third-order valence-corrected chi connectivity index (χ3v) is 11.2. The lowest BCUT2D eigenvalue weighted by Crippen LogP contribution is -2.52. The van der Waals surface area contributed by atoms with Gasteiger partial charge in [0, 0.05) is 80.6 Å². The topological polar surface area (TPSA) is 94.4 Å². The smallest absolute Gasteiger partial charge is 0.264 e. The van der Waals surface area contributed by atoms with Crippen LogP contribution >= 0.6 is 0 Å². The first-order chi connectivity index (χ1) is 26.2. The SMILES string of the molecule is CCn1c(-c2cc(F)ccc2C(=O)N2Cc3ccccc3C[C@H]2CN2CCOCC2)cc(C(=O)N(c2ccc(O)cc2)c2cnc3c(c2)CCN3C)c1C.